The Morgan fingerprint density at radius 3 is 1.80 bits per heavy atom. The van der Waals surface area contributed by atoms with E-state index < -0.39 is 45.8 Å². The van der Waals surface area contributed by atoms with Crippen molar-refractivity contribution >= 4 is 28.1 Å². The molecular formula is C26H42N2O11S. The Morgan fingerprint density at radius 2 is 1.27 bits per heavy atom. The Morgan fingerprint density at radius 1 is 0.775 bits per heavy atom. The Kier molecular flexibility index (Phi) is 15.7. The van der Waals surface area contributed by atoms with Crippen LogP contribution in [0.1, 0.15) is 40.2 Å². The van der Waals surface area contributed by atoms with Crippen molar-refractivity contribution in [2.45, 2.75) is 64.1 Å². The highest BCUT2D eigenvalue weighted by atomic mass is 32.2. The number of carbonyl (C=O) groups excluding carboxylic acids is 3. The summed E-state index contributed by atoms with van der Waals surface area (Å²) in [7, 11) is -3.81. The van der Waals surface area contributed by atoms with Crippen LogP contribution in [0.5, 0.6) is 0 Å². The quantitative estimate of drug-likeness (QED) is 0.145. The van der Waals surface area contributed by atoms with Crippen LogP contribution >= 0.6 is 0 Å². The number of carbonyl (C=O) groups is 3. The molecule has 0 aliphatic rings. The Bertz CT molecular complexity index is 1020. The minimum Gasteiger partial charge on any atom is -0.462 e. The smallest absolute Gasteiger partial charge is 0.408 e. The van der Waals surface area contributed by atoms with E-state index in [1.165, 1.54) is 26.0 Å². The molecule has 40 heavy (non-hydrogen) atoms. The van der Waals surface area contributed by atoms with Crippen molar-refractivity contribution in [3.8, 4) is 0 Å². The maximum absolute atomic E-state index is 12.2. The van der Waals surface area contributed by atoms with Gasteiger partial charge in [0.1, 0.15) is 24.3 Å². The zero-order chi connectivity index (χ0) is 30.2. The summed E-state index contributed by atoms with van der Waals surface area (Å²) in [5.74, 6) is -1.21. The number of rotatable bonds is 18. The predicted octanol–water partition coefficient (Wildman–Crippen LogP) is 1.71. The summed E-state index contributed by atoms with van der Waals surface area (Å²) in [6, 6.07) is 4.53. The fourth-order valence-corrected chi connectivity index (χ4v) is 3.68. The number of hydrogen-bond acceptors (Lipinski definition) is 11. The van der Waals surface area contributed by atoms with Crippen molar-refractivity contribution in [2.75, 3.05) is 52.9 Å². The Labute approximate surface area is 236 Å². The topological polar surface area (TPSA) is 165 Å². The molecule has 0 bridgehead atoms. The van der Waals surface area contributed by atoms with Gasteiger partial charge in [-0.25, -0.2) is 9.59 Å². The van der Waals surface area contributed by atoms with E-state index in [0.29, 0.717) is 0 Å². The molecule has 1 rings (SSSR count). The second kappa shape index (κ2) is 17.8. The molecule has 2 amide bonds. The van der Waals surface area contributed by atoms with E-state index in [4.69, 9.17) is 27.9 Å². The maximum Gasteiger partial charge on any atom is 0.408 e. The number of amides is 2. The molecule has 228 valence electrons. The van der Waals surface area contributed by atoms with Crippen LogP contribution in [0.25, 0.3) is 0 Å². The maximum atomic E-state index is 12.2. The van der Waals surface area contributed by atoms with E-state index in [2.05, 4.69) is 10.6 Å². The second-order valence-electron chi connectivity index (χ2n) is 9.69. The van der Waals surface area contributed by atoms with Crippen LogP contribution in [0.4, 0.5) is 4.79 Å². The zero-order valence-electron chi connectivity index (χ0n) is 24.0. The Hall–Kier alpha value is -2.78. The minimum absolute atomic E-state index is 0.0145. The van der Waals surface area contributed by atoms with Crippen LogP contribution in [0.15, 0.2) is 29.2 Å². The first-order valence-electron chi connectivity index (χ1n) is 12.9. The standard InChI is InChI=1S/C26H42N2O11S/c1-19-7-9-22(10-8-19)40(32,33)38-18-16-36-14-12-34-11-13-35-15-17-37-24(30)21(3)27-23(29)20(2)28-25(31)39-26(4,5)6/h7-10,20-21H,11-18H2,1-6H3,(H,27,29)(H,28,31). The molecule has 2 atom stereocenters. The zero-order valence-corrected chi connectivity index (χ0v) is 24.8. The molecule has 2 unspecified atom stereocenters. The number of nitrogens with one attached hydrogen (secondary N) is 2. The van der Waals surface area contributed by atoms with Crippen LogP contribution < -0.4 is 10.6 Å². The molecule has 1 aromatic rings. The lowest BCUT2D eigenvalue weighted by Crippen LogP contribution is -2.50. The van der Waals surface area contributed by atoms with E-state index in [9.17, 15) is 22.8 Å². The highest BCUT2D eigenvalue weighted by Gasteiger charge is 2.24. The second-order valence-corrected chi connectivity index (χ2v) is 11.3. The van der Waals surface area contributed by atoms with Gasteiger partial charge in [0.15, 0.2) is 0 Å². The van der Waals surface area contributed by atoms with Gasteiger partial charge in [-0.2, -0.15) is 8.42 Å². The van der Waals surface area contributed by atoms with Crippen molar-refractivity contribution < 1.29 is 50.7 Å². The van der Waals surface area contributed by atoms with E-state index >= 15 is 0 Å². The summed E-state index contributed by atoms with van der Waals surface area (Å²) in [6.45, 7) is 11.1. The molecule has 0 aromatic heterocycles. The molecule has 0 aliphatic carbocycles. The molecule has 0 spiro atoms. The van der Waals surface area contributed by atoms with Crippen molar-refractivity contribution in [3.63, 3.8) is 0 Å². The number of esters is 1. The van der Waals surface area contributed by atoms with E-state index in [0.717, 1.165) is 5.56 Å². The first-order valence-corrected chi connectivity index (χ1v) is 14.3. The van der Waals surface area contributed by atoms with Crippen LogP contribution in [0.3, 0.4) is 0 Å². The molecule has 14 heteroatoms. The third-order valence-electron chi connectivity index (χ3n) is 4.83. The first-order chi connectivity index (χ1) is 18.7. The normalized spacial score (nSPS) is 13.2. The summed E-state index contributed by atoms with van der Waals surface area (Å²) in [4.78, 5) is 36.1. The molecular weight excluding hydrogens is 548 g/mol. The lowest BCUT2D eigenvalue weighted by molar-refractivity contribution is -0.149. The molecule has 13 nitrogen and oxygen atoms in total. The van der Waals surface area contributed by atoms with E-state index in [-0.39, 0.29) is 57.8 Å². The molecule has 0 aliphatic heterocycles. The summed E-state index contributed by atoms with van der Waals surface area (Å²) in [5, 5.41) is 4.86. The van der Waals surface area contributed by atoms with Gasteiger partial charge in [0.25, 0.3) is 10.1 Å². The predicted molar refractivity (Wildman–Crippen MR) is 144 cm³/mol. The van der Waals surface area contributed by atoms with Crippen LogP contribution in [-0.4, -0.2) is 96.9 Å². The monoisotopic (exact) mass is 590 g/mol. The van der Waals surface area contributed by atoms with Crippen molar-refractivity contribution in [1.29, 1.82) is 0 Å². The molecule has 2 N–H and O–H groups in total. The van der Waals surface area contributed by atoms with Gasteiger partial charge >= 0.3 is 12.1 Å². The summed E-state index contributed by atoms with van der Waals surface area (Å²) in [6.07, 6.45) is -0.740. The van der Waals surface area contributed by atoms with Gasteiger partial charge in [0.2, 0.25) is 5.91 Å². The SMILES string of the molecule is Cc1ccc(S(=O)(=O)OCCOCCOCCOCCOC(=O)C(C)NC(=O)C(C)NC(=O)OC(C)(C)C)cc1. The number of aryl methyl sites for hydroxylation is 1. The number of alkyl carbamates (subject to hydrolysis) is 1. The van der Waals surface area contributed by atoms with Crippen LogP contribution in [0.2, 0.25) is 0 Å². The van der Waals surface area contributed by atoms with Crippen molar-refractivity contribution in [1.82, 2.24) is 10.6 Å². The van der Waals surface area contributed by atoms with Gasteiger partial charge in [-0.1, -0.05) is 17.7 Å². The van der Waals surface area contributed by atoms with Crippen LogP contribution in [-0.2, 0) is 47.6 Å². The third kappa shape index (κ3) is 15.7. The highest BCUT2D eigenvalue weighted by Crippen LogP contribution is 2.13. The van der Waals surface area contributed by atoms with Gasteiger partial charge in [0, 0.05) is 0 Å². The molecule has 0 fully saturated rings. The largest absolute Gasteiger partial charge is 0.462 e. The Balaban J connectivity index is 2.03. The van der Waals surface area contributed by atoms with E-state index in [1.54, 1.807) is 32.9 Å². The lowest BCUT2D eigenvalue weighted by Gasteiger charge is -2.22. The molecule has 0 heterocycles. The fraction of sp³-hybridized carbons (Fsp3) is 0.654. The van der Waals surface area contributed by atoms with Gasteiger partial charge in [-0.15, -0.1) is 0 Å². The summed E-state index contributed by atoms with van der Waals surface area (Å²) < 4.78 is 55.2. The van der Waals surface area contributed by atoms with Crippen molar-refractivity contribution in [3.05, 3.63) is 29.8 Å². The minimum atomic E-state index is -3.81. The summed E-state index contributed by atoms with van der Waals surface area (Å²) in [5.41, 5.74) is 0.249. The van der Waals surface area contributed by atoms with Gasteiger partial charge in [0.05, 0.1) is 51.1 Å². The van der Waals surface area contributed by atoms with Crippen molar-refractivity contribution in [2.24, 2.45) is 0 Å². The van der Waals surface area contributed by atoms with Gasteiger partial charge < -0.3 is 34.3 Å². The molecule has 0 saturated heterocycles. The fourth-order valence-electron chi connectivity index (χ4n) is 2.79. The molecule has 0 saturated carbocycles. The first kappa shape index (κ1) is 35.2. The number of benzene rings is 1. The molecule has 0 radical (unpaired) electrons. The number of hydrogen-bond donors (Lipinski definition) is 2. The van der Waals surface area contributed by atoms with Gasteiger partial charge in [-0.3, -0.25) is 8.98 Å². The molecule has 1 aromatic carbocycles. The lowest BCUT2D eigenvalue weighted by atomic mass is 10.2. The van der Waals surface area contributed by atoms with E-state index in [1.807, 2.05) is 6.92 Å². The van der Waals surface area contributed by atoms with Gasteiger partial charge in [-0.05, 0) is 53.7 Å². The number of ether oxygens (including phenoxy) is 5. The van der Waals surface area contributed by atoms with Crippen LogP contribution in [0, 0.1) is 6.92 Å². The average Bonchev–Trinajstić information content (AvgIpc) is 2.85. The summed E-state index contributed by atoms with van der Waals surface area (Å²) >= 11 is 0. The third-order valence-corrected chi connectivity index (χ3v) is 6.16. The average molecular weight is 591 g/mol. The highest BCUT2D eigenvalue weighted by molar-refractivity contribution is 7.86.